The van der Waals surface area contributed by atoms with Crippen molar-refractivity contribution in [3.05, 3.63) is 35.4 Å². The molecular weight excluding hydrogens is 398 g/mol. The molecule has 2 amide bonds. The van der Waals surface area contributed by atoms with E-state index in [1.807, 2.05) is 11.3 Å². The van der Waals surface area contributed by atoms with Gasteiger partial charge in [-0.15, -0.1) is 10.2 Å². The van der Waals surface area contributed by atoms with E-state index in [1.165, 1.54) is 23.7 Å². The van der Waals surface area contributed by atoms with Gasteiger partial charge < -0.3 is 0 Å². The largest absolute Gasteiger partial charge is 0.273 e. The van der Waals surface area contributed by atoms with Crippen LogP contribution in [0.5, 0.6) is 0 Å². The number of nitrogens with zero attached hydrogens (tertiary/aromatic N) is 3. The minimum atomic E-state index is -0.258. The van der Waals surface area contributed by atoms with Gasteiger partial charge in [-0.25, -0.2) is 0 Å². The zero-order valence-corrected chi connectivity index (χ0v) is 18.2. The van der Waals surface area contributed by atoms with Gasteiger partial charge in [0.25, 0.3) is 0 Å². The normalized spacial score (nSPS) is 14.9. The molecule has 1 aliphatic rings. The minimum Gasteiger partial charge on any atom is -0.273 e. The lowest BCUT2D eigenvalue weighted by Crippen LogP contribution is -2.45. The van der Waals surface area contributed by atoms with Crippen LogP contribution in [0.15, 0.2) is 29.4 Å². The van der Waals surface area contributed by atoms with Crippen LogP contribution in [0.4, 0.5) is 0 Å². The molecule has 4 rings (SSSR count). The summed E-state index contributed by atoms with van der Waals surface area (Å²) in [5.74, 6) is -0.191. The quantitative estimate of drug-likeness (QED) is 0.482. The van der Waals surface area contributed by atoms with Crippen LogP contribution in [0.2, 0.25) is 0 Å². The summed E-state index contributed by atoms with van der Waals surface area (Å²) in [6.45, 7) is 4.16. The van der Waals surface area contributed by atoms with Crippen molar-refractivity contribution in [1.82, 2.24) is 25.4 Å². The van der Waals surface area contributed by atoms with Crippen molar-refractivity contribution in [2.75, 3.05) is 5.75 Å². The molecule has 2 heterocycles. The van der Waals surface area contributed by atoms with E-state index >= 15 is 0 Å². The van der Waals surface area contributed by atoms with Crippen LogP contribution in [0.3, 0.4) is 0 Å². The predicted molar refractivity (Wildman–Crippen MR) is 118 cm³/mol. The summed E-state index contributed by atoms with van der Waals surface area (Å²) >= 11 is 1.31. The van der Waals surface area contributed by atoms with Gasteiger partial charge in [0.15, 0.2) is 10.8 Å². The molecular formula is C22H27N5O2S. The highest BCUT2D eigenvalue weighted by molar-refractivity contribution is 7.99. The monoisotopic (exact) mass is 425 g/mol. The number of carbonyl (C=O) groups excluding carboxylic acids is 2. The number of hydrogen-bond donors (Lipinski definition) is 2. The highest BCUT2D eigenvalue weighted by Gasteiger charge is 2.21. The number of fused-ring (bicyclic) bond motifs is 3. The van der Waals surface area contributed by atoms with Gasteiger partial charge in [-0.2, -0.15) is 0 Å². The SMILES string of the molecule is CCc1ccc2c(c1)cc(C)c1nnc(SCC(=O)NNC(=O)C3CCCCC3)n12. The van der Waals surface area contributed by atoms with Crippen molar-refractivity contribution in [3.8, 4) is 0 Å². The first-order valence-corrected chi connectivity index (χ1v) is 11.5. The molecule has 158 valence electrons. The van der Waals surface area contributed by atoms with E-state index in [-0.39, 0.29) is 23.5 Å². The summed E-state index contributed by atoms with van der Waals surface area (Å²) in [6.07, 6.45) is 6.11. The maximum Gasteiger partial charge on any atom is 0.248 e. The summed E-state index contributed by atoms with van der Waals surface area (Å²) in [7, 11) is 0. The second-order valence-electron chi connectivity index (χ2n) is 7.88. The van der Waals surface area contributed by atoms with E-state index in [4.69, 9.17) is 0 Å². The molecule has 8 heteroatoms. The molecule has 7 nitrogen and oxygen atoms in total. The molecule has 1 fully saturated rings. The molecule has 0 bridgehead atoms. The first-order chi connectivity index (χ1) is 14.6. The number of hydrogen-bond acceptors (Lipinski definition) is 5. The Morgan fingerprint density at radius 2 is 1.93 bits per heavy atom. The number of carbonyl (C=O) groups is 2. The van der Waals surface area contributed by atoms with Gasteiger partial charge in [-0.3, -0.25) is 24.8 Å². The fourth-order valence-corrected chi connectivity index (χ4v) is 4.79. The first kappa shape index (κ1) is 20.7. The maximum absolute atomic E-state index is 12.3. The molecule has 0 radical (unpaired) electrons. The molecule has 30 heavy (non-hydrogen) atoms. The van der Waals surface area contributed by atoms with Crippen LogP contribution < -0.4 is 10.9 Å². The van der Waals surface area contributed by atoms with Gasteiger partial charge >= 0.3 is 0 Å². The van der Waals surface area contributed by atoms with Crippen LogP contribution in [0.1, 0.15) is 50.2 Å². The summed E-state index contributed by atoms with van der Waals surface area (Å²) in [5.41, 5.74) is 9.24. The molecule has 0 aliphatic heterocycles. The number of thioether (sulfide) groups is 1. The number of aromatic nitrogens is 3. The summed E-state index contributed by atoms with van der Waals surface area (Å²) in [4.78, 5) is 24.5. The van der Waals surface area contributed by atoms with Crippen molar-refractivity contribution in [3.63, 3.8) is 0 Å². The third-order valence-electron chi connectivity index (χ3n) is 5.73. The van der Waals surface area contributed by atoms with Gasteiger partial charge in [0.1, 0.15) is 0 Å². The Kier molecular flexibility index (Phi) is 6.22. The molecule has 0 spiro atoms. The van der Waals surface area contributed by atoms with Gasteiger partial charge in [0.2, 0.25) is 11.8 Å². The first-order valence-electron chi connectivity index (χ1n) is 10.6. The topological polar surface area (TPSA) is 88.4 Å². The van der Waals surface area contributed by atoms with Crippen molar-refractivity contribution in [1.29, 1.82) is 0 Å². The fourth-order valence-electron chi connectivity index (χ4n) is 4.04. The third kappa shape index (κ3) is 4.28. The molecule has 1 aliphatic carbocycles. The molecule has 0 unspecified atom stereocenters. The molecule has 0 saturated heterocycles. The molecule has 3 aromatic rings. The molecule has 1 saturated carbocycles. The van der Waals surface area contributed by atoms with Crippen molar-refractivity contribution in [2.45, 2.75) is 57.5 Å². The lowest BCUT2D eigenvalue weighted by atomic mass is 9.89. The Morgan fingerprint density at radius 1 is 1.13 bits per heavy atom. The number of aryl methyl sites for hydroxylation is 2. The highest BCUT2D eigenvalue weighted by Crippen LogP contribution is 2.26. The number of rotatable bonds is 5. The van der Waals surface area contributed by atoms with Crippen LogP contribution in [-0.2, 0) is 16.0 Å². The van der Waals surface area contributed by atoms with E-state index in [1.54, 1.807) is 0 Å². The minimum absolute atomic E-state index is 0.00879. The van der Waals surface area contributed by atoms with Crippen molar-refractivity contribution in [2.24, 2.45) is 5.92 Å². The average Bonchev–Trinajstić information content (AvgIpc) is 3.21. The molecule has 0 atom stereocenters. The van der Waals surface area contributed by atoms with Crippen molar-refractivity contribution < 1.29 is 9.59 Å². The van der Waals surface area contributed by atoms with E-state index in [2.05, 4.69) is 52.2 Å². The van der Waals surface area contributed by atoms with E-state index in [0.29, 0.717) is 5.16 Å². The third-order valence-corrected chi connectivity index (χ3v) is 6.66. The maximum atomic E-state index is 12.3. The van der Waals surface area contributed by atoms with Gasteiger partial charge in [-0.05, 0) is 60.9 Å². The number of hydrazine groups is 1. The predicted octanol–water partition coefficient (Wildman–Crippen LogP) is 3.57. The lowest BCUT2D eigenvalue weighted by molar-refractivity contribution is -0.131. The summed E-state index contributed by atoms with van der Waals surface area (Å²) in [5, 5.41) is 10.4. The number of pyridine rings is 1. The molecule has 2 N–H and O–H groups in total. The standard InChI is InChI=1S/C22H27N5O2S/c1-3-15-9-10-18-17(12-15)11-14(2)20-24-26-22(27(18)20)30-13-19(28)23-25-21(29)16-7-5-4-6-8-16/h9-12,16H,3-8,13H2,1-2H3,(H,23,28)(H,25,29). The van der Waals surface area contributed by atoms with Gasteiger partial charge in [-0.1, -0.05) is 44.0 Å². The number of amides is 2. The summed E-state index contributed by atoms with van der Waals surface area (Å²) < 4.78 is 2.00. The van der Waals surface area contributed by atoms with Gasteiger partial charge in [0, 0.05) is 5.92 Å². The van der Waals surface area contributed by atoms with E-state index < -0.39 is 0 Å². The average molecular weight is 426 g/mol. The van der Waals surface area contributed by atoms with Crippen LogP contribution in [0, 0.1) is 12.8 Å². The Hall–Kier alpha value is -2.61. The van der Waals surface area contributed by atoms with Crippen LogP contribution in [0.25, 0.3) is 16.6 Å². The smallest absolute Gasteiger partial charge is 0.248 e. The van der Waals surface area contributed by atoms with Crippen LogP contribution in [-0.4, -0.2) is 32.2 Å². The second-order valence-corrected chi connectivity index (χ2v) is 8.82. The van der Waals surface area contributed by atoms with Crippen LogP contribution >= 0.6 is 11.8 Å². The Labute approximate surface area is 180 Å². The zero-order chi connectivity index (χ0) is 21.1. The summed E-state index contributed by atoms with van der Waals surface area (Å²) in [6, 6.07) is 8.50. The van der Waals surface area contributed by atoms with Crippen molar-refractivity contribution >= 4 is 40.1 Å². The Bertz CT molecular complexity index is 1090. The highest BCUT2D eigenvalue weighted by atomic mass is 32.2. The lowest BCUT2D eigenvalue weighted by Gasteiger charge is -2.20. The van der Waals surface area contributed by atoms with Gasteiger partial charge in [0.05, 0.1) is 11.3 Å². The Balaban J connectivity index is 1.44. The zero-order valence-electron chi connectivity index (χ0n) is 17.4. The Morgan fingerprint density at radius 3 is 2.70 bits per heavy atom. The number of nitrogens with one attached hydrogen (secondary N) is 2. The second kappa shape index (κ2) is 9.04. The molecule has 1 aromatic carbocycles. The van der Waals surface area contributed by atoms with E-state index in [9.17, 15) is 9.59 Å². The number of benzene rings is 1. The van der Waals surface area contributed by atoms with E-state index in [0.717, 1.165) is 54.2 Å². The molecule has 2 aromatic heterocycles. The fraction of sp³-hybridized carbons (Fsp3) is 0.455.